The number of hydrogen-bond acceptors (Lipinski definition) is 3. The molecule has 1 aromatic rings. The smallest absolute Gasteiger partial charge is 0.167 e. The van der Waals surface area contributed by atoms with Gasteiger partial charge in [-0.05, 0) is 25.3 Å². The predicted octanol–water partition coefficient (Wildman–Crippen LogP) is 1.52. The highest BCUT2D eigenvalue weighted by Gasteiger charge is 2.30. The zero-order valence-electron chi connectivity index (χ0n) is 9.93. The van der Waals surface area contributed by atoms with Gasteiger partial charge in [0, 0.05) is 36.7 Å². The summed E-state index contributed by atoms with van der Waals surface area (Å²) in [5.41, 5.74) is 0.756. The van der Waals surface area contributed by atoms with Crippen LogP contribution in [0, 0.1) is 5.92 Å². The maximum Gasteiger partial charge on any atom is 0.167 e. The fourth-order valence-electron chi connectivity index (χ4n) is 1.82. The van der Waals surface area contributed by atoms with E-state index in [0.29, 0.717) is 13.0 Å². The zero-order chi connectivity index (χ0) is 12.5. The van der Waals surface area contributed by atoms with E-state index in [0.717, 1.165) is 18.4 Å². The number of nitrogens with zero attached hydrogens (tertiary/aromatic N) is 1. The van der Waals surface area contributed by atoms with Gasteiger partial charge in [-0.25, -0.2) is 8.42 Å². The first-order chi connectivity index (χ1) is 7.96. The number of sulfone groups is 1. The Hall–Kier alpha value is -1.10. The highest BCUT2D eigenvalue weighted by Crippen LogP contribution is 2.32. The Morgan fingerprint density at radius 2 is 2.18 bits per heavy atom. The van der Waals surface area contributed by atoms with Crippen molar-refractivity contribution >= 4 is 15.6 Å². The second-order valence-corrected chi connectivity index (χ2v) is 7.02. The van der Waals surface area contributed by atoms with Crippen LogP contribution in [0.25, 0.3) is 0 Å². The van der Waals surface area contributed by atoms with E-state index in [1.165, 1.54) is 6.26 Å². The average molecular weight is 255 g/mol. The lowest BCUT2D eigenvalue weighted by molar-refractivity contribution is 0.0967. The van der Waals surface area contributed by atoms with Crippen LogP contribution in [0.15, 0.2) is 18.5 Å². The fourth-order valence-corrected chi connectivity index (χ4v) is 2.47. The maximum absolute atomic E-state index is 11.7. The predicted molar refractivity (Wildman–Crippen MR) is 65.8 cm³/mol. The summed E-state index contributed by atoms with van der Waals surface area (Å²) in [5, 5.41) is 0. The molecule has 1 fully saturated rings. The van der Waals surface area contributed by atoms with E-state index in [4.69, 9.17) is 0 Å². The highest BCUT2D eigenvalue weighted by molar-refractivity contribution is 7.90. The van der Waals surface area contributed by atoms with Crippen molar-refractivity contribution in [3.05, 3.63) is 24.0 Å². The first kappa shape index (κ1) is 12.4. The van der Waals surface area contributed by atoms with Gasteiger partial charge in [0.05, 0.1) is 5.75 Å². The van der Waals surface area contributed by atoms with Crippen LogP contribution >= 0.6 is 0 Å². The minimum atomic E-state index is -2.89. The van der Waals surface area contributed by atoms with E-state index in [1.807, 2.05) is 23.0 Å². The number of hydrogen-bond donors (Lipinski definition) is 0. The lowest BCUT2D eigenvalue weighted by Crippen LogP contribution is -2.06. The number of Topliss-reactive ketones (excluding diaryl/α,β-unsaturated/α-hetero) is 1. The fraction of sp³-hybridized carbons (Fsp3) is 0.583. The number of carbonyl (C=O) groups excluding carboxylic acids is 1. The van der Waals surface area contributed by atoms with Crippen LogP contribution in [-0.2, 0) is 16.4 Å². The number of ketones is 1. The maximum atomic E-state index is 11.7. The summed E-state index contributed by atoms with van der Waals surface area (Å²) < 4.78 is 23.8. The van der Waals surface area contributed by atoms with Crippen LogP contribution in [0.2, 0.25) is 0 Å². The summed E-state index contributed by atoms with van der Waals surface area (Å²) in [4.78, 5) is 11.7. The van der Waals surface area contributed by atoms with E-state index in [9.17, 15) is 13.2 Å². The molecule has 1 saturated carbocycles. The molecule has 0 aliphatic heterocycles. The Morgan fingerprint density at radius 3 is 2.76 bits per heavy atom. The average Bonchev–Trinajstić information content (AvgIpc) is 2.96. The lowest BCUT2D eigenvalue weighted by atomic mass is 10.1. The molecule has 1 aromatic heterocycles. The molecule has 0 atom stereocenters. The summed E-state index contributed by atoms with van der Waals surface area (Å²) in [6, 6.07) is 1.82. The van der Waals surface area contributed by atoms with Crippen molar-refractivity contribution in [2.24, 2.45) is 5.92 Å². The van der Waals surface area contributed by atoms with Crippen molar-refractivity contribution < 1.29 is 13.2 Å². The molecule has 0 bridgehead atoms. The monoisotopic (exact) mass is 255 g/mol. The molecule has 0 aromatic carbocycles. The molecule has 1 aliphatic carbocycles. The van der Waals surface area contributed by atoms with Gasteiger partial charge < -0.3 is 4.57 Å². The van der Waals surface area contributed by atoms with Gasteiger partial charge in [-0.1, -0.05) is 0 Å². The molecule has 0 N–H and O–H groups in total. The topological polar surface area (TPSA) is 56.1 Å². The van der Waals surface area contributed by atoms with E-state index in [1.54, 1.807) is 0 Å². The van der Waals surface area contributed by atoms with Crippen LogP contribution in [0.1, 0.15) is 29.6 Å². The Balaban J connectivity index is 1.87. The molecular formula is C12H17NO3S. The van der Waals surface area contributed by atoms with Crippen molar-refractivity contribution in [1.82, 2.24) is 4.57 Å². The third-order valence-electron chi connectivity index (χ3n) is 2.91. The molecule has 0 unspecified atom stereocenters. The number of carbonyl (C=O) groups is 1. The molecule has 0 spiro atoms. The van der Waals surface area contributed by atoms with Crippen LogP contribution in [-0.4, -0.2) is 30.8 Å². The minimum absolute atomic E-state index is 0.192. The highest BCUT2D eigenvalue weighted by atomic mass is 32.2. The van der Waals surface area contributed by atoms with Crippen molar-refractivity contribution in [3.63, 3.8) is 0 Å². The molecule has 0 radical (unpaired) electrons. The van der Waals surface area contributed by atoms with E-state index in [-0.39, 0.29) is 17.5 Å². The third-order valence-corrected chi connectivity index (χ3v) is 3.94. The Kier molecular flexibility index (Phi) is 3.38. The van der Waals surface area contributed by atoms with Gasteiger partial charge in [0.2, 0.25) is 0 Å². The van der Waals surface area contributed by atoms with Crippen LogP contribution in [0.3, 0.4) is 0 Å². The Labute approximate surface area is 102 Å². The summed E-state index contributed by atoms with van der Waals surface area (Å²) in [6.07, 6.45) is 7.52. The largest absolute Gasteiger partial charge is 0.353 e. The van der Waals surface area contributed by atoms with Gasteiger partial charge >= 0.3 is 0 Å². The van der Waals surface area contributed by atoms with Gasteiger partial charge in [-0.15, -0.1) is 0 Å². The molecule has 17 heavy (non-hydrogen) atoms. The normalized spacial score (nSPS) is 16.1. The SMILES string of the molecule is CS(=O)(=O)CCCn1ccc(C(=O)C2CC2)c1. The molecule has 0 saturated heterocycles. The van der Waals surface area contributed by atoms with E-state index in [2.05, 4.69) is 0 Å². The van der Waals surface area contributed by atoms with E-state index >= 15 is 0 Å². The molecule has 4 nitrogen and oxygen atoms in total. The molecule has 5 heteroatoms. The first-order valence-electron chi connectivity index (χ1n) is 5.83. The lowest BCUT2D eigenvalue weighted by Gasteiger charge is -2.01. The number of aromatic nitrogens is 1. The van der Waals surface area contributed by atoms with Crippen LogP contribution in [0.5, 0.6) is 0 Å². The van der Waals surface area contributed by atoms with Crippen LogP contribution in [0.4, 0.5) is 0 Å². The van der Waals surface area contributed by atoms with Gasteiger partial charge in [0.1, 0.15) is 9.84 Å². The van der Waals surface area contributed by atoms with E-state index < -0.39 is 9.84 Å². The molecular weight excluding hydrogens is 238 g/mol. The quantitative estimate of drug-likeness (QED) is 0.724. The first-order valence-corrected chi connectivity index (χ1v) is 7.89. The van der Waals surface area contributed by atoms with Crippen molar-refractivity contribution in [2.45, 2.75) is 25.8 Å². The second-order valence-electron chi connectivity index (χ2n) is 4.76. The summed E-state index contributed by atoms with van der Waals surface area (Å²) in [7, 11) is -2.89. The zero-order valence-corrected chi connectivity index (χ0v) is 10.7. The van der Waals surface area contributed by atoms with Crippen molar-refractivity contribution in [3.8, 4) is 0 Å². The summed E-state index contributed by atoms with van der Waals surface area (Å²) in [6.45, 7) is 0.644. The molecule has 0 amide bonds. The minimum Gasteiger partial charge on any atom is -0.353 e. The Morgan fingerprint density at radius 1 is 1.47 bits per heavy atom. The van der Waals surface area contributed by atoms with Gasteiger partial charge in [0.25, 0.3) is 0 Å². The summed E-state index contributed by atoms with van der Waals surface area (Å²) in [5.74, 6) is 0.658. The van der Waals surface area contributed by atoms with Crippen molar-refractivity contribution in [1.29, 1.82) is 0 Å². The third kappa shape index (κ3) is 3.70. The molecule has 94 valence electrons. The van der Waals surface area contributed by atoms with Crippen LogP contribution < -0.4 is 0 Å². The Bertz CT molecular complexity index is 512. The standard InChI is InChI=1S/C12H17NO3S/c1-17(15,16)8-2-6-13-7-5-11(9-13)12(14)10-3-4-10/h5,7,9-10H,2-4,6,8H2,1H3. The molecule has 2 rings (SSSR count). The molecule has 1 heterocycles. The van der Waals surface area contributed by atoms with Gasteiger partial charge in [0.15, 0.2) is 5.78 Å². The van der Waals surface area contributed by atoms with Gasteiger partial charge in [-0.3, -0.25) is 4.79 Å². The number of aryl methyl sites for hydroxylation is 1. The van der Waals surface area contributed by atoms with Gasteiger partial charge in [-0.2, -0.15) is 0 Å². The summed E-state index contributed by atoms with van der Waals surface area (Å²) >= 11 is 0. The number of rotatable bonds is 6. The molecule has 1 aliphatic rings. The van der Waals surface area contributed by atoms with Crippen molar-refractivity contribution in [2.75, 3.05) is 12.0 Å². The second kappa shape index (κ2) is 4.64.